The van der Waals surface area contributed by atoms with E-state index >= 15 is 0 Å². The van der Waals surface area contributed by atoms with Gasteiger partial charge in [-0.2, -0.15) is 5.11 Å². The minimum atomic E-state index is -0.0775. The Morgan fingerprint density at radius 2 is 2.56 bits per heavy atom. The molecule has 0 bridgehead atoms. The molecule has 1 unspecified atom stereocenters. The van der Waals surface area contributed by atoms with Crippen LogP contribution in [0.4, 0.5) is 0 Å². The topological polar surface area (TPSA) is 41.8 Å². The van der Waals surface area contributed by atoms with E-state index in [2.05, 4.69) is 10.2 Å². The van der Waals surface area contributed by atoms with Crippen LogP contribution in [-0.2, 0) is 4.79 Å². The van der Waals surface area contributed by atoms with E-state index in [4.69, 9.17) is 0 Å². The van der Waals surface area contributed by atoms with Crippen molar-refractivity contribution in [1.82, 2.24) is 0 Å². The van der Waals surface area contributed by atoms with Crippen LogP contribution in [0, 0.1) is 5.92 Å². The lowest BCUT2D eigenvalue weighted by Crippen LogP contribution is -2.07. The van der Waals surface area contributed by atoms with E-state index in [1.807, 2.05) is 5.41 Å². The first-order valence-electron chi connectivity index (χ1n) is 2.65. The van der Waals surface area contributed by atoms with Gasteiger partial charge in [0.1, 0.15) is 0 Å². The van der Waals surface area contributed by atoms with E-state index in [9.17, 15) is 4.79 Å². The van der Waals surface area contributed by atoms with Crippen molar-refractivity contribution in [3.05, 3.63) is 11.1 Å². The minimum absolute atomic E-state index is 0.00463. The van der Waals surface area contributed by atoms with Gasteiger partial charge in [-0.3, -0.25) is 4.79 Å². The number of carbonyl (C=O) groups is 1. The molecular weight excluding hydrogens is 136 g/mol. The highest BCUT2D eigenvalue weighted by Gasteiger charge is 2.31. The molecule has 2 aliphatic rings. The van der Waals surface area contributed by atoms with Gasteiger partial charge in [0.25, 0.3) is 5.91 Å². The van der Waals surface area contributed by atoms with Crippen molar-refractivity contribution in [2.75, 3.05) is 5.75 Å². The van der Waals surface area contributed by atoms with Crippen molar-refractivity contribution in [3.63, 3.8) is 0 Å². The molecule has 0 aromatic rings. The first kappa shape index (κ1) is 5.17. The maximum atomic E-state index is 10.7. The van der Waals surface area contributed by atoms with Gasteiger partial charge in [0.05, 0.1) is 11.6 Å². The van der Waals surface area contributed by atoms with Crippen LogP contribution in [0.3, 0.4) is 0 Å². The van der Waals surface area contributed by atoms with Crippen molar-refractivity contribution in [2.45, 2.75) is 0 Å². The highest BCUT2D eigenvalue weighted by molar-refractivity contribution is 8.02. The highest BCUT2D eigenvalue weighted by atomic mass is 32.2. The number of hydrogen-bond acceptors (Lipinski definition) is 3. The molecule has 9 heavy (non-hydrogen) atoms. The van der Waals surface area contributed by atoms with Gasteiger partial charge >= 0.3 is 0 Å². The molecule has 2 aliphatic heterocycles. The van der Waals surface area contributed by atoms with E-state index in [0.29, 0.717) is 0 Å². The number of amides is 1. The second-order valence-corrected chi connectivity index (χ2v) is 2.87. The summed E-state index contributed by atoms with van der Waals surface area (Å²) in [6.07, 6.45) is 0. The predicted octanol–water partition coefficient (Wildman–Crippen LogP) is 1.18. The van der Waals surface area contributed by atoms with Gasteiger partial charge < -0.3 is 0 Å². The molecule has 0 aliphatic carbocycles. The molecule has 2 heterocycles. The summed E-state index contributed by atoms with van der Waals surface area (Å²) in [6.45, 7) is 0. The van der Waals surface area contributed by atoms with Gasteiger partial charge in [-0.05, 0) is 5.41 Å². The van der Waals surface area contributed by atoms with Crippen LogP contribution < -0.4 is 0 Å². The lowest BCUT2D eigenvalue weighted by molar-refractivity contribution is -0.119. The van der Waals surface area contributed by atoms with Crippen molar-refractivity contribution >= 4 is 17.7 Å². The molecule has 46 valence electrons. The molecule has 1 atom stereocenters. The van der Waals surface area contributed by atoms with E-state index < -0.39 is 0 Å². The molecule has 0 spiro atoms. The molecule has 4 heteroatoms. The Bertz CT molecular complexity index is 218. The summed E-state index contributed by atoms with van der Waals surface area (Å²) in [7, 11) is 0. The lowest BCUT2D eigenvalue weighted by atomic mass is 10.1. The highest BCUT2D eigenvalue weighted by Crippen LogP contribution is 2.33. The largest absolute Gasteiger partial charge is 0.274 e. The summed E-state index contributed by atoms with van der Waals surface area (Å²) in [5.74, 6) is 0.752. The molecule has 3 nitrogen and oxygen atoms in total. The van der Waals surface area contributed by atoms with Gasteiger partial charge in [-0.15, -0.1) is 16.9 Å². The van der Waals surface area contributed by atoms with Gasteiger partial charge in [0, 0.05) is 5.75 Å². The fraction of sp³-hybridized carbons (Fsp3) is 0.400. The molecule has 0 radical (unpaired) electrons. The summed E-state index contributed by atoms with van der Waals surface area (Å²) >= 11 is 1.63. The quantitative estimate of drug-likeness (QED) is 0.507. The third-order valence-corrected chi connectivity index (χ3v) is 2.32. The fourth-order valence-corrected chi connectivity index (χ4v) is 1.85. The van der Waals surface area contributed by atoms with E-state index in [0.717, 1.165) is 11.4 Å². The average Bonchev–Trinajstić information content (AvgIpc) is 2.35. The number of thioether (sulfide) groups is 1. The van der Waals surface area contributed by atoms with Crippen molar-refractivity contribution in [3.8, 4) is 0 Å². The number of rotatable bonds is 0. The third-order valence-electron chi connectivity index (χ3n) is 1.39. The third kappa shape index (κ3) is 0.627. The van der Waals surface area contributed by atoms with Crippen molar-refractivity contribution < 1.29 is 4.79 Å². The molecular formula is C5H4N2OS. The van der Waals surface area contributed by atoms with Crippen molar-refractivity contribution in [1.29, 1.82) is 0 Å². The first-order chi connectivity index (χ1) is 4.38. The van der Waals surface area contributed by atoms with Crippen LogP contribution in [-0.4, -0.2) is 11.7 Å². The van der Waals surface area contributed by atoms with Crippen LogP contribution >= 0.6 is 11.8 Å². The summed E-state index contributed by atoms with van der Waals surface area (Å²) in [6, 6.07) is 0. The molecule has 0 saturated carbocycles. The number of hydrogen-bond donors (Lipinski definition) is 0. The number of azo groups is 1. The molecule has 0 fully saturated rings. The number of fused-ring (bicyclic) bond motifs is 1. The Morgan fingerprint density at radius 1 is 1.67 bits per heavy atom. The van der Waals surface area contributed by atoms with E-state index in [-0.39, 0.29) is 11.8 Å². The van der Waals surface area contributed by atoms with Gasteiger partial charge in [-0.25, -0.2) is 0 Å². The summed E-state index contributed by atoms with van der Waals surface area (Å²) < 4.78 is 0. The zero-order chi connectivity index (χ0) is 6.27. The smallest absolute Gasteiger partial charge is 0.270 e. The van der Waals surface area contributed by atoms with Crippen LogP contribution in [0.5, 0.6) is 0 Å². The zero-order valence-corrected chi connectivity index (χ0v) is 5.39. The Morgan fingerprint density at radius 3 is 3.33 bits per heavy atom. The van der Waals surface area contributed by atoms with Crippen molar-refractivity contribution in [2.24, 2.45) is 16.1 Å². The molecule has 0 aromatic heterocycles. The zero-order valence-electron chi connectivity index (χ0n) is 4.57. The Hall–Kier alpha value is -0.640. The van der Waals surface area contributed by atoms with Gasteiger partial charge in [0.15, 0.2) is 0 Å². The normalized spacial score (nSPS) is 30.9. The maximum Gasteiger partial charge on any atom is 0.274 e. The molecule has 2 rings (SSSR count). The monoisotopic (exact) mass is 140 g/mol. The average molecular weight is 140 g/mol. The minimum Gasteiger partial charge on any atom is -0.270 e. The first-order valence-corrected chi connectivity index (χ1v) is 3.70. The second-order valence-electron chi connectivity index (χ2n) is 1.97. The number of nitrogens with zero attached hydrogens (tertiary/aromatic N) is 2. The molecule has 1 amide bonds. The Labute approximate surface area is 56.2 Å². The molecule has 0 aromatic carbocycles. The predicted molar refractivity (Wildman–Crippen MR) is 33.9 cm³/mol. The van der Waals surface area contributed by atoms with Crippen LogP contribution in [0.1, 0.15) is 0 Å². The fourth-order valence-electron chi connectivity index (χ4n) is 0.865. The van der Waals surface area contributed by atoms with E-state index in [1.54, 1.807) is 11.8 Å². The van der Waals surface area contributed by atoms with Gasteiger partial charge in [0.2, 0.25) is 0 Å². The summed E-state index contributed by atoms with van der Waals surface area (Å²) in [4.78, 5) is 10.7. The van der Waals surface area contributed by atoms with Crippen LogP contribution in [0.15, 0.2) is 21.3 Å². The lowest BCUT2D eigenvalue weighted by Gasteiger charge is -1.92. The summed E-state index contributed by atoms with van der Waals surface area (Å²) in [5, 5.41) is 9.02. The van der Waals surface area contributed by atoms with Crippen LogP contribution in [0.2, 0.25) is 0 Å². The van der Waals surface area contributed by atoms with Crippen LogP contribution in [0.25, 0.3) is 0 Å². The number of carbonyl (C=O) groups excluding carboxylic acids is 1. The molecule has 0 saturated heterocycles. The maximum absolute atomic E-state index is 10.7. The van der Waals surface area contributed by atoms with E-state index in [1.165, 1.54) is 0 Å². The Balaban J connectivity index is 2.39. The Kier molecular flexibility index (Phi) is 0.958. The van der Waals surface area contributed by atoms with Gasteiger partial charge in [-0.1, -0.05) is 0 Å². The second kappa shape index (κ2) is 1.67. The summed E-state index contributed by atoms with van der Waals surface area (Å²) in [5.41, 5.74) is 0.852. The standard InChI is InChI=1S/C5H4N2OS/c8-5-3-1-9-2-4(3)6-7-5/h2-3H,1H2. The molecule has 0 N–H and O–H groups in total. The SMILES string of the molecule is O=C1N=NC2=CSCC12.